The SMILES string of the molecule is O=C1c2ccccc2C(=O)N1CCCCCCCCCN1CCN(Cc2ccccc2)CC1. The fourth-order valence-corrected chi connectivity index (χ4v) is 4.94. The van der Waals surface area contributed by atoms with Crippen LogP contribution in [0.15, 0.2) is 54.6 Å². The van der Waals surface area contributed by atoms with Gasteiger partial charge in [0.2, 0.25) is 0 Å². The smallest absolute Gasteiger partial charge is 0.261 e. The van der Waals surface area contributed by atoms with Gasteiger partial charge in [-0.3, -0.25) is 19.4 Å². The van der Waals surface area contributed by atoms with Crippen LogP contribution in [0.4, 0.5) is 0 Å². The Morgan fingerprint density at radius 2 is 1.03 bits per heavy atom. The lowest BCUT2D eigenvalue weighted by Crippen LogP contribution is -2.46. The van der Waals surface area contributed by atoms with Crippen molar-refractivity contribution in [1.29, 1.82) is 0 Å². The summed E-state index contributed by atoms with van der Waals surface area (Å²) in [5.41, 5.74) is 2.52. The van der Waals surface area contributed by atoms with Crippen LogP contribution in [0.5, 0.6) is 0 Å². The molecule has 2 aromatic carbocycles. The Bertz CT molecular complexity index is 871. The first-order valence-electron chi connectivity index (χ1n) is 12.7. The number of nitrogens with zero attached hydrogens (tertiary/aromatic N) is 3. The highest BCUT2D eigenvalue weighted by Crippen LogP contribution is 2.23. The fraction of sp³-hybridized carbons (Fsp3) is 0.500. The summed E-state index contributed by atoms with van der Waals surface area (Å²) in [7, 11) is 0. The maximum atomic E-state index is 12.4. The molecule has 0 aromatic heterocycles. The van der Waals surface area contributed by atoms with Crippen LogP contribution in [0.3, 0.4) is 0 Å². The van der Waals surface area contributed by atoms with E-state index in [1.807, 2.05) is 12.1 Å². The third-order valence-electron chi connectivity index (χ3n) is 6.95. The Morgan fingerprint density at radius 1 is 0.545 bits per heavy atom. The Balaban J connectivity index is 0.995. The molecule has 0 spiro atoms. The molecule has 2 aromatic rings. The average molecular weight is 448 g/mol. The lowest BCUT2D eigenvalue weighted by atomic mass is 10.1. The Hall–Kier alpha value is -2.50. The largest absolute Gasteiger partial charge is 0.301 e. The van der Waals surface area contributed by atoms with Crippen molar-refractivity contribution in [2.75, 3.05) is 39.3 Å². The summed E-state index contributed by atoms with van der Waals surface area (Å²) in [6.07, 6.45) is 8.27. The highest BCUT2D eigenvalue weighted by atomic mass is 16.2. The van der Waals surface area contributed by atoms with Crippen molar-refractivity contribution in [1.82, 2.24) is 14.7 Å². The Kier molecular flexibility index (Phi) is 8.67. The van der Waals surface area contributed by atoms with E-state index < -0.39 is 0 Å². The van der Waals surface area contributed by atoms with E-state index >= 15 is 0 Å². The molecule has 0 atom stereocenters. The minimum absolute atomic E-state index is 0.128. The maximum absolute atomic E-state index is 12.4. The molecule has 2 heterocycles. The van der Waals surface area contributed by atoms with Gasteiger partial charge < -0.3 is 4.90 Å². The third kappa shape index (κ3) is 6.52. The fourth-order valence-electron chi connectivity index (χ4n) is 4.94. The standard InChI is InChI=1S/C28H37N3O2/c32-27-25-15-9-10-16-26(25)28(33)31(27)18-12-5-3-1-2-4-11-17-29-19-21-30(22-20-29)23-24-13-7-6-8-14-24/h6-10,13-16H,1-5,11-12,17-23H2. The Morgan fingerprint density at radius 3 is 1.64 bits per heavy atom. The lowest BCUT2D eigenvalue weighted by molar-refractivity contribution is 0.0651. The molecule has 1 saturated heterocycles. The molecule has 2 amide bonds. The first-order chi connectivity index (χ1) is 16.2. The van der Waals surface area contributed by atoms with Crippen molar-refractivity contribution in [3.63, 3.8) is 0 Å². The van der Waals surface area contributed by atoms with Gasteiger partial charge in [0.1, 0.15) is 0 Å². The normalized spacial score (nSPS) is 17.0. The summed E-state index contributed by atoms with van der Waals surface area (Å²) in [5.74, 6) is -0.256. The van der Waals surface area contributed by atoms with Gasteiger partial charge in [0, 0.05) is 39.3 Å². The molecular weight excluding hydrogens is 410 g/mol. The number of unbranched alkanes of at least 4 members (excludes halogenated alkanes) is 6. The van der Waals surface area contributed by atoms with Crippen LogP contribution in [0.1, 0.15) is 71.2 Å². The van der Waals surface area contributed by atoms with Crippen molar-refractivity contribution >= 4 is 11.8 Å². The van der Waals surface area contributed by atoms with Crippen molar-refractivity contribution in [2.24, 2.45) is 0 Å². The molecule has 0 saturated carbocycles. The summed E-state index contributed by atoms with van der Waals surface area (Å²) >= 11 is 0. The van der Waals surface area contributed by atoms with Crippen molar-refractivity contribution in [3.05, 3.63) is 71.3 Å². The number of fused-ring (bicyclic) bond motifs is 1. The van der Waals surface area contributed by atoms with Crippen LogP contribution in [0.25, 0.3) is 0 Å². The maximum Gasteiger partial charge on any atom is 0.261 e. The van der Waals surface area contributed by atoms with Gasteiger partial charge in [-0.2, -0.15) is 0 Å². The van der Waals surface area contributed by atoms with Gasteiger partial charge in [0.15, 0.2) is 0 Å². The van der Waals surface area contributed by atoms with Crippen molar-refractivity contribution in [2.45, 2.75) is 51.5 Å². The van der Waals surface area contributed by atoms with Gasteiger partial charge in [0.25, 0.3) is 11.8 Å². The molecule has 1 fully saturated rings. The topological polar surface area (TPSA) is 43.9 Å². The van der Waals surface area contributed by atoms with Gasteiger partial charge in [-0.05, 0) is 37.1 Å². The number of imide groups is 1. The van der Waals surface area contributed by atoms with E-state index in [4.69, 9.17) is 0 Å². The summed E-state index contributed by atoms with van der Waals surface area (Å²) in [6.45, 7) is 7.54. The van der Waals surface area contributed by atoms with E-state index in [-0.39, 0.29) is 11.8 Å². The zero-order valence-corrected chi connectivity index (χ0v) is 19.8. The second kappa shape index (κ2) is 12.1. The molecule has 0 radical (unpaired) electrons. The number of piperazine rings is 1. The predicted molar refractivity (Wildman–Crippen MR) is 132 cm³/mol. The molecule has 0 aliphatic carbocycles. The van der Waals surface area contributed by atoms with E-state index in [9.17, 15) is 9.59 Å². The number of hydrogen-bond acceptors (Lipinski definition) is 4. The highest BCUT2D eigenvalue weighted by molar-refractivity contribution is 6.21. The van der Waals surface area contributed by atoms with Crippen molar-refractivity contribution in [3.8, 4) is 0 Å². The molecule has 176 valence electrons. The second-order valence-corrected chi connectivity index (χ2v) is 9.39. The average Bonchev–Trinajstić information content (AvgIpc) is 3.09. The number of carbonyl (C=O) groups excluding carboxylic acids is 2. The lowest BCUT2D eigenvalue weighted by Gasteiger charge is -2.34. The second-order valence-electron chi connectivity index (χ2n) is 9.39. The van der Waals surface area contributed by atoms with Gasteiger partial charge in [0.05, 0.1) is 11.1 Å². The van der Waals surface area contributed by atoms with Crippen LogP contribution in [-0.4, -0.2) is 65.8 Å². The molecule has 0 unspecified atom stereocenters. The quantitative estimate of drug-likeness (QED) is 0.345. The monoisotopic (exact) mass is 447 g/mol. The number of benzene rings is 2. The molecule has 33 heavy (non-hydrogen) atoms. The molecule has 2 aliphatic rings. The van der Waals surface area contributed by atoms with Crippen LogP contribution in [-0.2, 0) is 6.54 Å². The molecule has 0 bridgehead atoms. The zero-order valence-electron chi connectivity index (χ0n) is 19.8. The first kappa shape index (κ1) is 23.7. The Labute approximate surface area is 198 Å². The van der Waals surface area contributed by atoms with Gasteiger partial charge in [-0.1, -0.05) is 74.6 Å². The first-order valence-corrected chi connectivity index (χ1v) is 12.7. The molecule has 2 aliphatic heterocycles. The van der Waals surface area contributed by atoms with Gasteiger partial charge in [-0.15, -0.1) is 0 Å². The summed E-state index contributed by atoms with van der Waals surface area (Å²) in [6, 6.07) is 17.9. The molecule has 5 heteroatoms. The number of carbonyl (C=O) groups is 2. The summed E-state index contributed by atoms with van der Waals surface area (Å²) < 4.78 is 0. The van der Waals surface area contributed by atoms with Crippen molar-refractivity contribution < 1.29 is 9.59 Å². The molecule has 5 nitrogen and oxygen atoms in total. The summed E-state index contributed by atoms with van der Waals surface area (Å²) in [4.78, 5) is 31.3. The number of hydrogen-bond donors (Lipinski definition) is 0. The van der Waals surface area contributed by atoms with E-state index in [1.54, 1.807) is 12.1 Å². The van der Waals surface area contributed by atoms with Crippen LogP contribution in [0, 0.1) is 0 Å². The summed E-state index contributed by atoms with van der Waals surface area (Å²) in [5, 5.41) is 0. The van der Waals surface area contributed by atoms with E-state index in [1.165, 1.54) is 75.3 Å². The van der Waals surface area contributed by atoms with Crippen LogP contribution < -0.4 is 0 Å². The van der Waals surface area contributed by atoms with E-state index in [2.05, 4.69) is 40.1 Å². The van der Waals surface area contributed by atoms with E-state index in [0.29, 0.717) is 17.7 Å². The molecule has 0 N–H and O–H groups in total. The third-order valence-corrected chi connectivity index (χ3v) is 6.95. The minimum Gasteiger partial charge on any atom is -0.301 e. The highest BCUT2D eigenvalue weighted by Gasteiger charge is 2.34. The molecular formula is C28H37N3O2. The predicted octanol–water partition coefficient (Wildman–Crippen LogP) is 4.83. The minimum atomic E-state index is -0.128. The van der Waals surface area contributed by atoms with Gasteiger partial charge in [-0.25, -0.2) is 0 Å². The van der Waals surface area contributed by atoms with E-state index in [0.717, 1.165) is 19.4 Å². The number of amides is 2. The van der Waals surface area contributed by atoms with Gasteiger partial charge >= 0.3 is 0 Å². The van der Waals surface area contributed by atoms with Crippen LogP contribution >= 0.6 is 0 Å². The zero-order chi connectivity index (χ0) is 22.9. The molecule has 4 rings (SSSR count). The number of rotatable bonds is 12. The van der Waals surface area contributed by atoms with Crippen LogP contribution in [0.2, 0.25) is 0 Å².